The van der Waals surface area contributed by atoms with Gasteiger partial charge in [-0.1, -0.05) is 31.1 Å². The third kappa shape index (κ3) is 3.74. The maximum Gasteiger partial charge on any atom is 0.258 e. The number of pyridine rings is 1. The van der Waals surface area contributed by atoms with Crippen molar-refractivity contribution in [3.63, 3.8) is 0 Å². The molecule has 7 heteroatoms. The van der Waals surface area contributed by atoms with E-state index in [1.807, 2.05) is 38.1 Å². The average Bonchev–Trinajstić information content (AvgIpc) is 3.32. The second-order valence-corrected chi connectivity index (χ2v) is 7.15. The minimum Gasteiger partial charge on any atom is -0.370 e. The number of rotatable bonds is 7. The second-order valence-electron chi connectivity index (χ2n) is 7.15. The first-order chi connectivity index (χ1) is 13.6. The van der Waals surface area contributed by atoms with Gasteiger partial charge in [-0.15, -0.1) is 0 Å². The molecule has 3 heterocycles. The molecular weight excluding hydrogens is 352 g/mol. The summed E-state index contributed by atoms with van der Waals surface area (Å²) in [5.74, 6) is 3.36. The van der Waals surface area contributed by atoms with E-state index in [1.54, 1.807) is 6.20 Å². The summed E-state index contributed by atoms with van der Waals surface area (Å²) in [5.41, 5.74) is 3.08. The Morgan fingerprint density at radius 2 is 2.00 bits per heavy atom. The van der Waals surface area contributed by atoms with Crippen molar-refractivity contribution in [1.29, 1.82) is 0 Å². The summed E-state index contributed by atoms with van der Waals surface area (Å²) in [4.78, 5) is 13.5. The van der Waals surface area contributed by atoms with Gasteiger partial charge >= 0.3 is 0 Å². The summed E-state index contributed by atoms with van der Waals surface area (Å²) >= 11 is 0. The molecule has 144 valence electrons. The number of hydrogen-bond acceptors (Lipinski definition) is 6. The smallest absolute Gasteiger partial charge is 0.258 e. The van der Waals surface area contributed by atoms with Crippen LogP contribution in [0, 0.1) is 0 Å². The van der Waals surface area contributed by atoms with Crippen LogP contribution in [0.25, 0.3) is 22.5 Å². The van der Waals surface area contributed by atoms with Crippen molar-refractivity contribution >= 4 is 16.9 Å². The molecule has 1 N–H and O–H groups in total. The highest BCUT2D eigenvalue weighted by Crippen LogP contribution is 2.21. The van der Waals surface area contributed by atoms with E-state index in [9.17, 15) is 0 Å². The lowest BCUT2D eigenvalue weighted by Gasteiger charge is -2.06. The van der Waals surface area contributed by atoms with E-state index in [2.05, 4.69) is 44.2 Å². The van der Waals surface area contributed by atoms with E-state index in [4.69, 9.17) is 9.51 Å². The van der Waals surface area contributed by atoms with Crippen molar-refractivity contribution in [3.8, 4) is 11.5 Å². The first-order valence-corrected chi connectivity index (χ1v) is 9.56. The van der Waals surface area contributed by atoms with Crippen molar-refractivity contribution in [2.24, 2.45) is 7.05 Å². The van der Waals surface area contributed by atoms with E-state index < -0.39 is 0 Å². The Kier molecular flexibility index (Phi) is 5.06. The van der Waals surface area contributed by atoms with Gasteiger partial charge in [0.05, 0.1) is 11.0 Å². The van der Waals surface area contributed by atoms with Crippen molar-refractivity contribution < 1.29 is 4.52 Å². The molecule has 0 aliphatic rings. The fraction of sp³-hybridized carbons (Fsp3) is 0.333. The molecule has 0 saturated carbocycles. The van der Waals surface area contributed by atoms with Crippen LogP contribution in [0.5, 0.6) is 0 Å². The first-order valence-electron chi connectivity index (χ1n) is 9.56. The van der Waals surface area contributed by atoms with Crippen molar-refractivity contribution in [1.82, 2.24) is 24.7 Å². The van der Waals surface area contributed by atoms with Gasteiger partial charge in [-0.3, -0.25) is 0 Å². The van der Waals surface area contributed by atoms with E-state index in [1.165, 1.54) is 5.52 Å². The Bertz CT molecular complexity index is 1080. The van der Waals surface area contributed by atoms with Crippen LogP contribution in [0.2, 0.25) is 0 Å². The molecule has 0 aliphatic heterocycles. The normalized spacial score (nSPS) is 11.4. The Morgan fingerprint density at radius 3 is 2.79 bits per heavy atom. The second kappa shape index (κ2) is 7.80. The molecule has 1 aromatic carbocycles. The molecule has 0 unspecified atom stereocenters. The van der Waals surface area contributed by atoms with Crippen LogP contribution in [0.4, 0.5) is 5.82 Å². The lowest BCUT2D eigenvalue weighted by atomic mass is 10.2. The van der Waals surface area contributed by atoms with Gasteiger partial charge in [-0.05, 0) is 30.7 Å². The zero-order valence-electron chi connectivity index (χ0n) is 16.4. The maximum absolute atomic E-state index is 5.36. The molecule has 0 amide bonds. The standard InChI is InChI=1S/C21H24N6O/c1-14(2)20-25-21(28-26-20)15-10-12-23-18(13-15)22-11-6-9-19-24-16-7-4-5-8-17(16)27(19)3/h4-5,7-8,10,12-14H,6,9,11H2,1-3H3,(H,22,23). The van der Waals surface area contributed by atoms with Gasteiger partial charge in [0, 0.05) is 37.7 Å². The molecule has 3 aromatic heterocycles. The van der Waals surface area contributed by atoms with Gasteiger partial charge < -0.3 is 14.4 Å². The summed E-state index contributed by atoms with van der Waals surface area (Å²) in [7, 11) is 2.07. The van der Waals surface area contributed by atoms with Crippen LogP contribution >= 0.6 is 0 Å². The molecule has 28 heavy (non-hydrogen) atoms. The zero-order chi connectivity index (χ0) is 19.5. The quantitative estimate of drug-likeness (QED) is 0.487. The summed E-state index contributed by atoms with van der Waals surface area (Å²) < 4.78 is 7.53. The number of anilines is 1. The average molecular weight is 376 g/mol. The van der Waals surface area contributed by atoms with Crippen LogP contribution in [-0.4, -0.2) is 31.2 Å². The molecular formula is C21H24N6O. The van der Waals surface area contributed by atoms with Crippen LogP contribution in [0.1, 0.15) is 37.8 Å². The van der Waals surface area contributed by atoms with Crippen LogP contribution in [-0.2, 0) is 13.5 Å². The van der Waals surface area contributed by atoms with Crippen LogP contribution in [0.15, 0.2) is 47.1 Å². The number of benzene rings is 1. The summed E-state index contributed by atoms with van der Waals surface area (Å²) in [6, 6.07) is 12.0. The fourth-order valence-electron chi connectivity index (χ4n) is 3.13. The molecule has 0 bridgehead atoms. The van der Waals surface area contributed by atoms with E-state index >= 15 is 0 Å². The van der Waals surface area contributed by atoms with Gasteiger partial charge in [0.2, 0.25) is 0 Å². The largest absolute Gasteiger partial charge is 0.370 e. The Labute approximate surface area is 163 Å². The summed E-state index contributed by atoms with van der Waals surface area (Å²) in [6.07, 6.45) is 3.61. The fourth-order valence-corrected chi connectivity index (χ4v) is 3.13. The highest BCUT2D eigenvalue weighted by Gasteiger charge is 2.12. The SMILES string of the molecule is CC(C)c1noc(-c2ccnc(NCCCc3nc4ccccc4n3C)c2)n1. The van der Waals surface area contributed by atoms with Gasteiger partial charge in [-0.25, -0.2) is 9.97 Å². The highest BCUT2D eigenvalue weighted by molar-refractivity contribution is 5.75. The number of hydrogen-bond donors (Lipinski definition) is 1. The van der Waals surface area contributed by atoms with Crippen LogP contribution < -0.4 is 5.32 Å². The molecule has 0 atom stereocenters. The third-order valence-corrected chi connectivity index (χ3v) is 4.73. The maximum atomic E-state index is 5.36. The van der Waals surface area contributed by atoms with E-state index in [0.29, 0.717) is 11.7 Å². The first kappa shape index (κ1) is 18.2. The Balaban J connectivity index is 1.36. The molecule has 0 aliphatic carbocycles. The van der Waals surface area contributed by atoms with Crippen molar-refractivity contribution in [3.05, 3.63) is 54.2 Å². The summed E-state index contributed by atoms with van der Waals surface area (Å²) in [5, 5.41) is 7.39. The lowest BCUT2D eigenvalue weighted by molar-refractivity contribution is 0.419. The third-order valence-electron chi connectivity index (χ3n) is 4.73. The summed E-state index contributed by atoms with van der Waals surface area (Å²) in [6.45, 7) is 4.89. The minimum absolute atomic E-state index is 0.236. The molecule has 0 saturated heterocycles. The van der Waals surface area contributed by atoms with Gasteiger partial charge in [0.15, 0.2) is 5.82 Å². The van der Waals surface area contributed by atoms with Crippen molar-refractivity contribution in [2.45, 2.75) is 32.6 Å². The van der Waals surface area contributed by atoms with E-state index in [0.717, 1.165) is 42.1 Å². The minimum atomic E-state index is 0.236. The van der Waals surface area contributed by atoms with E-state index in [-0.39, 0.29) is 5.92 Å². The van der Waals surface area contributed by atoms with Gasteiger partial charge in [0.1, 0.15) is 11.6 Å². The predicted octanol–water partition coefficient (Wildman–Crippen LogP) is 4.19. The number of aromatic nitrogens is 5. The molecule has 0 radical (unpaired) electrons. The highest BCUT2D eigenvalue weighted by atomic mass is 16.5. The predicted molar refractivity (Wildman–Crippen MR) is 109 cm³/mol. The number of nitrogens with one attached hydrogen (secondary N) is 1. The molecule has 0 spiro atoms. The number of para-hydroxylation sites is 2. The van der Waals surface area contributed by atoms with Gasteiger partial charge in [0.25, 0.3) is 5.89 Å². The molecule has 4 aromatic rings. The number of nitrogens with zero attached hydrogens (tertiary/aromatic N) is 5. The number of aryl methyl sites for hydroxylation is 2. The Hall–Kier alpha value is -3.22. The topological polar surface area (TPSA) is 81.7 Å². The zero-order valence-corrected chi connectivity index (χ0v) is 16.4. The molecule has 4 rings (SSSR count). The molecule has 0 fully saturated rings. The number of fused-ring (bicyclic) bond motifs is 1. The van der Waals surface area contributed by atoms with Crippen LogP contribution in [0.3, 0.4) is 0 Å². The van der Waals surface area contributed by atoms with Crippen molar-refractivity contribution in [2.75, 3.05) is 11.9 Å². The van der Waals surface area contributed by atoms with Gasteiger partial charge in [-0.2, -0.15) is 4.98 Å². The lowest BCUT2D eigenvalue weighted by Crippen LogP contribution is -2.06. The number of imidazole rings is 1. The monoisotopic (exact) mass is 376 g/mol. The Morgan fingerprint density at radius 1 is 1.14 bits per heavy atom. The molecule has 7 nitrogen and oxygen atoms in total.